The summed E-state index contributed by atoms with van der Waals surface area (Å²) in [7, 11) is 3.66. The number of carbonyl (C=O) groups is 1. The summed E-state index contributed by atoms with van der Waals surface area (Å²) in [5.41, 5.74) is 2.50. The molecule has 2 aliphatic rings. The molecule has 2 unspecified atom stereocenters. The minimum atomic E-state index is -0.129. The van der Waals surface area contributed by atoms with Gasteiger partial charge in [-0.25, -0.2) is 0 Å². The van der Waals surface area contributed by atoms with Gasteiger partial charge in [-0.2, -0.15) is 0 Å². The number of carbonyl (C=O) groups excluding carboxylic acids is 1. The van der Waals surface area contributed by atoms with Crippen molar-refractivity contribution in [2.45, 2.75) is 18.4 Å². The van der Waals surface area contributed by atoms with Gasteiger partial charge in [-0.15, -0.1) is 0 Å². The van der Waals surface area contributed by atoms with Crippen LogP contribution < -0.4 is 5.32 Å². The molecule has 0 bridgehead atoms. The van der Waals surface area contributed by atoms with E-state index in [0.717, 1.165) is 13.0 Å². The number of nitrogens with zero attached hydrogens (tertiary/aromatic N) is 2. The van der Waals surface area contributed by atoms with Crippen LogP contribution in [0.2, 0.25) is 0 Å². The van der Waals surface area contributed by atoms with Crippen LogP contribution in [0.3, 0.4) is 0 Å². The van der Waals surface area contributed by atoms with Gasteiger partial charge in [0, 0.05) is 32.2 Å². The molecule has 1 N–H and O–H groups in total. The Hall–Kier alpha value is -1.62. The molecule has 0 aliphatic carbocycles. The molecule has 5 heteroatoms. The molecule has 0 aromatic heterocycles. The van der Waals surface area contributed by atoms with E-state index < -0.39 is 0 Å². The SMILES string of the molecule is CN1C(=O)C(CC2CNc3ccccc32)N(C)C1=S. The van der Waals surface area contributed by atoms with Crippen molar-refractivity contribution in [3.63, 3.8) is 0 Å². The van der Waals surface area contributed by atoms with Gasteiger partial charge in [0.15, 0.2) is 5.11 Å². The number of para-hydroxylation sites is 1. The van der Waals surface area contributed by atoms with Crippen LogP contribution in [0, 0.1) is 0 Å². The van der Waals surface area contributed by atoms with E-state index in [0.29, 0.717) is 11.0 Å². The first kappa shape index (κ1) is 12.4. The van der Waals surface area contributed by atoms with Gasteiger partial charge in [0.25, 0.3) is 5.91 Å². The maximum Gasteiger partial charge on any atom is 0.251 e. The standard InChI is InChI=1S/C14H17N3OS/c1-16-12(13(18)17(2)14(16)19)7-9-8-15-11-6-4-3-5-10(9)11/h3-6,9,12,15H,7-8H2,1-2H3. The Morgan fingerprint density at radius 3 is 2.79 bits per heavy atom. The Bertz CT molecular complexity index is 545. The number of likely N-dealkylation sites (N-methyl/N-ethyl adjacent to an activating group) is 2. The van der Waals surface area contributed by atoms with E-state index in [1.165, 1.54) is 11.3 Å². The number of anilines is 1. The van der Waals surface area contributed by atoms with Crippen molar-refractivity contribution in [2.75, 3.05) is 26.0 Å². The van der Waals surface area contributed by atoms with Crippen LogP contribution in [-0.2, 0) is 4.79 Å². The number of rotatable bonds is 2. The number of hydrogen-bond donors (Lipinski definition) is 1. The molecule has 19 heavy (non-hydrogen) atoms. The van der Waals surface area contributed by atoms with E-state index in [9.17, 15) is 4.79 Å². The summed E-state index contributed by atoms with van der Waals surface area (Å²) in [6, 6.07) is 8.18. The van der Waals surface area contributed by atoms with E-state index in [-0.39, 0.29) is 11.9 Å². The van der Waals surface area contributed by atoms with Crippen LogP contribution in [0.25, 0.3) is 0 Å². The molecule has 3 rings (SSSR count). The summed E-state index contributed by atoms with van der Waals surface area (Å²) in [6.45, 7) is 0.896. The lowest BCUT2D eigenvalue weighted by molar-refractivity contribution is -0.127. The Morgan fingerprint density at radius 1 is 1.37 bits per heavy atom. The lowest BCUT2D eigenvalue weighted by atomic mass is 9.93. The third-order valence-corrected chi connectivity index (χ3v) is 4.68. The van der Waals surface area contributed by atoms with Crippen molar-refractivity contribution < 1.29 is 4.79 Å². The molecular formula is C14H17N3OS. The molecule has 0 saturated carbocycles. The van der Waals surface area contributed by atoms with E-state index in [4.69, 9.17) is 12.2 Å². The van der Waals surface area contributed by atoms with Crippen molar-refractivity contribution >= 4 is 28.9 Å². The van der Waals surface area contributed by atoms with Gasteiger partial charge in [-0.3, -0.25) is 9.69 Å². The summed E-state index contributed by atoms with van der Waals surface area (Å²) in [4.78, 5) is 15.7. The maximum absolute atomic E-state index is 12.2. The first-order valence-electron chi connectivity index (χ1n) is 6.46. The second kappa shape index (κ2) is 4.49. The highest BCUT2D eigenvalue weighted by molar-refractivity contribution is 7.80. The Balaban J connectivity index is 1.80. The molecule has 1 aromatic carbocycles. The van der Waals surface area contributed by atoms with Crippen LogP contribution in [0.4, 0.5) is 5.69 Å². The number of fused-ring (bicyclic) bond motifs is 1. The van der Waals surface area contributed by atoms with Gasteiger partial charge >= 0.3 is 0 Å². The van der Waals surface area contributed by atoms with Gasteiger partial charge in [0.1, 0.15) is 6.04 Å². The molecule has 1 aromatic rings. The molecule has 2 atom stereocenters. The highest BCUT2D eigenvalue weighted by Gasteiger charge is 2.40. The first-order valence-corrected chi connectivity index (χ1v) is 6.87. The smallest absolute Gasteiger partial charge is 0.251 e. The average Bonchev–Trinajstić information content (AvgIpc) is 2.91. The maximum atomic E-state index is 12.2. The van der Waals surface area contributed by atoms with Crippen LogP contribution in [0.1, 0.15) is 17.9 Å². The van der Waals surface area contributed by atoms with Gasteiger partial charge in [-0.1, -0.05) is 18.2 Å². The molecule has 100 valence electrons. The number of benzene rings is 1. The molecule has 0 spiro atoms. The van der Waals surface area contributed by atoms with Crippen molar-refractivity contribution in [3.05, 3.63) is 29.8 Å². The minimum absolute atomic E-state index is 0.108. The number of hydrogen-bond acceptors (Lipinski definition) is 3. The van der Waals surface area contributed by atoms with Crippen molar-refractivity contribution in [1.82, 2.24) is 9.80 Å². The van der Waals surface area contributed by atoms with Crippen molar-refractivity contribution in [1.29, 1.82) is 0 Å². The van der Waals surface area contributed by atoms with Crippen LogP contribution in [-0.4, -0.2) is 47.5 Å². The summed E-state index contributed by atoms with van der Waals surface area (Å²) in [6.07, 6.45) is 0.809. The third kappa shape index (κ3) is 1.89. The zero-order valence-electron chi connectivity index (χ0n) is 11.1. The number of nitrogens with one attached hydrogen (secondary N) is 1. The van der Waals surface area contributed by atoms with Crippen molar-refractivity contribution in [2.24, 2.45) is 0 Å². The predicted molar refractivity (Wildman–Crippen MR) is 79.2 cm³/mol. The molecular weight excluding hydrogens is 258 g/mol. The second-order valence-corrected chi connectivity index (χ2v) is 5.57. The quantitative estimate of drug-likeness (QED) is 0.832. The molecule has 4 nitrogen and oxygen atoms in total. The zero-order chi connectivity index (χ0) is 13.6. The second-order valence-electron chi connectivity index (χ2n) is 5.21. The lowest BCUT2D eigenvalue weighted by Crippen LogP contribution is -2.33. The summed E-state index contributed by atoms with van der Waals surface area (Å²) >= 11 is 5.25. The van der Waals surface area contributed by atoms with E-state index >= 15 is 0 Å². The topological polar surface area (TPSA) is 35.6 Å². The zero-order valence-corrected chi connectivity index (χ0v) is 11.9. The molecule has 2 heterocycles. The molecule has 1 fully saturated rings. The molecule has 0 radical (unpaired) electrons. The highest BCUT2D eigenvalue weighted by Crippen LogP contribution is 2.35. The monoisotopic (exact) mass is 275 g/mol. The van der Waals surface area contributed by atoms with Gasteiger partial charge in [-0.05, 0) is 30.3 Å². The Kier molecular flexibility index (Phi) is 2.93. The lowest BCUT2D eigenvalue weighted by Gasteiger charge is -2.21. The third-order valence-electron chi connectivity index (χ3n) is 4.12. The van der Waals surface area contributed by atoms with E-state index in [1.807, 2.05) is 18.0 Å². The average molecular weight is 275 g/mol. The normalized spacial score (nSPS) is 25.8. The predicted octanol–water partition coefficient (Wildman–Crippen LogP) is 1.64. The van der Waals surface area contributed by atoms with E-state index in [2.05, 4.69) is 23.5 Å². The van der Waals surface area contributed by atoms with Crippen molar-refractivity contribution in [3.8, 4) is 0 Å². The Morgan fingerprint density at radius 2 is 2.11 bits per heavy atom. The molecule has 1 saturated heterocycles. The fourth-order valence-corrected chi connectivity index (χ4v) is 3.17. The number of amides is 1. The highest BCUT2D eigenvalue weighted by atomic mass is 32.1. The minimum Gasteiger partial charge on any atom is -0.384 e. The van der Waals surface area contributed by atoms with Crippen LogP contribution in [0.5, 0.6) is 0 Å². The summed E-state index contributed by atoms with van der Waals surface area (Å²) < 4.78 is 0. The summed E-state index contributed by atoms with van der Waals surface area (Å²) in [5, 5.41) is 4.02. The van der Waals surface area contributed by atoms with E-state index in [1.54, 1.807) is 11.9 Å². The first-order chi connectivity index (χ1) is 9.09. The molecule has 2 aliphatic heterocycles. The van der Waals surface area contributed by atoms with Gasteiger partial charge in [0.05, 0.1) is 0 Å². The Labute approximate surface area is 118 Å². The number of thiocarbonyl (C=S) groups is 1. The van der Waals surface area contributed by atoms with Gasteiger partial charge < -0.3 is 10.2 Å². The van der Waals surface area contributed by atoms with Gasteiger partial charge in [0.2, 0.25) is 0 Å². The fourth-order valence-electron chi connectivity index (χ4n) is 2.95. The van der Waals surface area contributed by atoms with Crippen LogP contribution >= 0.6 is 12.2 Å². The fraction of sp³-hybridized carbons (Fsp3) is 0.429. The van der Waals surface area contributed by atoms with Crippen LogP contribution in [0.15, 0.2) is 24.3 Å². The molecule has 1 amide bonds. The summed E-state index contributed by atoms with van der Waals surface area (Å²) in [5.74, 6) is 0.485. The largest absolute Gasteiger partial charge is 0.384 e.